The summed E-state index contributed by atoms with van der Waals surface area (Å²) in [5.41, 5.74) is -0.0301. The predicted octanol–water partition coefficient (Wildman–Crippen LogP) is 4.37. The molecule has 3 rings (SSSR count). The van der Waals surface area contributed by atoms with Crippen LogP contribution < -0.4 is 10.6 Å². The number of amides is 2. The number of hydrogen-bond donors (Lipinski definition) is 2. The number of esters is 1. The predicted molar refractivity (Wildman–Crippen MR) is 127 cm³/mol. The van der Waals surface area contributed by atoms with Crippen LogP contribution >= 0.6 is 0 Å². The van der Waals surface area contributed by atoms with Gasteiger partial charge in [0.25, 0.3) is 0 Å². The fourth-order valence-electron chi connectivity index (χ4n) is 4.10. The zero-order valence-electron chi connectivity index (χ0n) is 20.3. The maximum atomic E-state index is 13.4. The van der Waals surface area contributed by atoms with Gasteiger partial charge in [0.2, 0.25) is 5.91 Å². The van der Waals surface area contributed by atoms with E-state index in [2.05, 4.69) is 10.6 Å². The van der Waals surface area contributed by atoms with Crippen molar-refractivity contribution in [2.24, 2.45) is 0 Å². The molecular formula is C26H34N2O6. The average Bonchev–Trinajstić information content (AvgIpc) is 3.45. The first kappa shape index (κ1) is 25.3. The summed E-state index contributed by atoms with van der Waals surface area (Å²) in [4.78, 5) is 38.5. The number of ether oxygens (including phenoxy) is 2. The molecule has 1 heterocycles. The van der Waals surface area contributed by atoms with Crippen LogP contribution in [0.4, 0.5) is 4.79 Å². The number of rotatable bonds is 8. The van der Waals surface area contributed by atoms with Crippen LogP contribution in [0.1, 0.15) is 58.9 Å². The lowest BCUT2D eigenvalue weighted by molar-refractivity contribution is -0.148. The fraction of sp³-hybridized carbons (Fsp3) is 0.500. The van der Waals surface area contributed by atoms with E-state index in [9.17, 15) is 14.4 Å². The number of furan rings is 1. The summed E-state index contributed by atoms with van der Waals surface area (Å²) in [6.45, 7) is 7.22. The lowest BCUT2D eigenvalue weighted by Crippen LogP contribution is -2.60. The standard InChI is InChI=1S/C26H34N2O6/c1-5-32-22(29)20(17-18-10-12-19(13-11-18)21-9-8-16-33-21)27-23(30)26(14-6-7-15-26)28-24(31)34-25(2,3)4/h8-13,16,20H,5-7,14-15,17H2,1-4H3,(H,27,30)(H,28,31). The zero-order valence-corrected chi connectivity index (χ0v) is 20.3. The van der Waals surface area contributed by atoms with E-state index < -0.39 is 35.2 Å². The van der Waals surface area contributed by atoms with Gasteiger partial charge in [-0.2, -0.15) is 0 Å². The maximum Gasteiger partial charge on any atom is 0.408 e. The van der Waals surface area contributed by atoms with Gasteiger partial charge in [-0.25, -0.2) is 9.59 Å². The minimum atomic E-state index is -1.11. The molecule has 8 heteroatoms. The minimum absolute atomic E-state index is 0.198. The average molecular weight is 471 g/mol. The smallest absolute Gasteiger partial charge is 0.408 e. The number of hydrogen-bond acceptors (Lipinski definition) is 6. The molecule has 0 aliphatic heterocycles. The van der Waals surface area contributed by atoms with Crippen LogP contribution in [0.5, 0.6) is 0 Å². The Morgan fingerprint density at radius 3 is 2.32 bits per heavy atom. The summed E-state index contributed by atoms with van der Waals surface area (Å²) in [6.07, 6.45) is 3.76. The van der Waals surface area contributed by atoms with Gasteiger partial charge in [0, 0.05) is 12.0 Å². The SMILES string of the molecule is CCOC(=O)C(Cc1ccc(-c2ccco2)cc1)NC(=O)C1(NC(=O)OC(C)(C)C)CCCC1. The molecule has 1 aliphatic carbocycles. The van der Waals surface area contributed by atoms with Crippen molar-refractivity contribution in [1.29, 1.82) is 0 Å². The van der Waals surface area contributed by atoms with Crippen molar-refractivity contribution in [1.82, 2.24) is 10.6 Å². The Hall–Kier alpha value is -3.29. The highest BCUT2D eigenvalue weighted by Crippen LogP contribution is 2.31. The van der Waals surface area contributed by atoms with E-state index >= 15 is 0 Å². The summed E-state index contributed by atoms with van der Waals surface area (Å²) in [5.74, 6) is -0.171. The van der Waals surface area contributed by atoms with Crippen LogP contribution in [0.2, 0.25) is 0 Å². The number of alkyl carbamates (subject to hydrolysis) is 1. The first-order chi connectivity index (χ1) is 16.1. The van der Waals surface area contributed by atoms with Crippen molar-refractivity contribution in [2.45, 2.75) is 77.0 Å². The summed E-state index contributed by atoms with van der Waals surface area (Å²) >= 11 is 0. The highest BCUT2D eigenvalue weighted by molar-refractivity contribution is 5.93. The largest absolute Gasteiger partial charge is 0.464 e. The van der Waals surface area contributed by atoms with Crippen LogP contribution in [-0.4, -0.2) is 41.8 Å². The number of benzene rings is 1. The molecule has 1 atom stereocenters. The van der Waals surface area contributed by atoms with E-state index in [-0.39, 0.29) is 13.0 Å². The van der Waals surface area contributed by atoms with E-state index in [0.717, 1.165) is 29.7 Å². The minimum Gasteiger partial charge on any atom is -0.464 e. The van der Waals surface area contributed by atoms with Crippen molar-refractivity contribution in [3.63, 3.8) is 0 Å². The van der Waals surface area contributed by atoms with Crippen molar-refractivity contribution < 1.29 is 28.3 Å². The Bertz CT molecular complexity index is 970. The van der Waals surface area contributed by atoms with Gasteiger partial charge in [0.05, 0.1) is 12.9 Å². The third-order valence-corrected chi connectivity index (χ3v) is 5.71. The Morgan fingerprint density at radius 1 is 1.09 bits per heavy atom. The number of carbonyl (C=O) groups is 3. The topological polar surface area (TPSA) is 107 Å². The van der Waals surface area contributed by atoms with E-state index in [1.807, 2.05) is 36.4 Å². The van der Waals surface area contributed by atoms with Gasteiger partial charge in [-0.1, -0.05) is 37.1 Å². The fourth-order valence-corrected chi connectivity index (χ4v) is 4.10. The number of nitrogens with one attached hydrogen (secondary N) is 2. The van der Waals surface area contributed by atoms with Crippen LogP contribution in [-0.2, 0) is 25.5 Å². The van der Waals surface area contributed by atoms with Crippen molar-refractivity contribution >= 4 is 18.0 Å². The molecule has 1 fully saturated rings. The molecule has 0 saturated heterocycles. The molecule has 0 spiro atoms. The van der Waals surface area contributed by atoms with Gasteiger partial charge in [-0.05, 0) is 58.2 Å². The van der Waals surface area contributed by atoms with Crippen LogP contribution in [0.15, 0.2) is 47.1 Å². The second kappa shape index (κ2) is 10.8. The molecule has 34 heavy (non-hydrogen) atoms. The van der Waals surface area contributed by atoms with Crippen molar-refractivity contribution in [2.75, 3.05) is 6.61 Å². The van der Waals surface area contributed by atoms with E-state index in [1.54, 1.807) is 34.0 Å². The molecular weight excluding hydrogens is 436 g/mol. The Kier molecular flexibility index (Phi) is 8.02. The molecule has 1 aromatic carbocycles. The molecule has 0 bridgehead atoms. The highest BCUT2D eigenvalue weighted by Gasteiger charge is 2.44. The first-order valence-electron chi connectivity index (χ1n) is 11.7. The van der Waals surface area contributed by atoms with Gasteiger partial charge >= 0.3 is 12.1 Å². The van der Waals surface area contributed by atoms with Crippen LogP contribution in [0, 0.1) is 0 Å². The summed E-state index contributed by atoms with van der Waals surface area (Å²) in [7, 11) is 0. The third-order valence-electron chi connectivity index (χ3n) is 5.71. The van der Waals surface area contributed by atoms with Gasteiger partial charge in [0.15, 0.2) is 0 Å². The lowest BCUT2D eigenvalue weighted by Gasteiger charge is -2.32. The molecule has 1 aromatic heterocycles. The monoisotopic (exact) mass is 470 g/mol. The number of carbonyl (C=O) groups excluding carboxylic acids is 3. The molecule has 184 valence electrons. The van der Waals surface area contributed by atoms with Crippen LogP contribution in [0.3, 0.4) is 0 Å². The summed E-state index contributed by atoms with van der Waals surface area (Å²) in [6, 6.07) is 10.4. The molecule has 2 N–H and O–H groups in total. The molecule has 1 saturated carbocycles. The van der Waals surface area contributed by atoms with Crippen LogP contribution in [0.25, 0.3) is 11.3 Å². The van der Waals surface area contributed by atoms with Crippen molar-refractivity contribution in [3.8, 4) is 11.3 Å². The molecule has 2 aromatic rings. The van der Waals surface area contributed by atoms with E-state index in [0.29, 0.717) is 12.8 Å². The van der Waals surface area contributed by atoms with Crippen molar-refractivity contribution in [3.05, 3.63) is 48.2 Å². The Morgan fingerprint density at radius 2 is 1.76 bits per heavy atom. The normalized spacial score (nSPS) is 15.9. The molecule has 8 nitrogen and oxygen atoms in total. The van der Waals surface area contributed by atoms with Gasteiger partial charge in [-0.15, -0.1) is 0 Å². The van der Waals surface area contributed by atoms with E-state index in [4.69, 9.17) is 13.9 Å². The molecule has 2 amide bonds. The lowest BCUT2D eigenvalue weighted by atomic mass is 9.95. The quantitative estimate of drug-likeness (QED) is 0.555. The summed E-state index contributed by atoms with van der Waals surface area (Å²) in [5, 5.41) is 5.62. The highest BCUT2D eigenvalue weighted by atomic mass is 16.6. The Balaban J connectivity index is 1.74. The Labute approximate surface area is 200 Å². The molecule has 0 radical (unpaired) electrons. The third kappa shape index (κ3) is 6.62. The molecule has 1 unspecified atom stereocenters. The maximum absolute atomic E-state index is 13.4. The summed E-state index contributed by atoms with van der Waals surface area (Å²) < 4.78 is 16.0. The zero-order chi connectivity index (χ0) is 24.8. The van der Waals surface area contributed by atoms with Gasteiger partial charge in [0.1, 0.15) is 22.9 Å². The second-order valence-electron chi connectivity index (χ2n) is 9.57. The van der Waals surface area contributed by atoms with E-state index in [1.165, 1.54) is 0 Å². The van der Waals surface area contributed by atoms with Gasteiger partial charge in [-0.3, -0.25) is 4.79 Å². The first-order valence-corrected chi connectivity index (χ1v) is 11.7. The molecule has 1 aliphatic rings. The van der Waals surface area contributed by atoms with Gasteiger partial charge < -0.3 is 24.5 Å². The second-order valence-corrected chi connectivity index (χ2v) is 9.57.